The SMILES string of the molecule is CC(C)C1CC(=O)N(C2CC2CC(C)C2CCNC2=O)C1. The normalized spacial score (nSPS) is 37.2. The highest BCUT2D eigenvalue weighted by Gasteiger charge is 2.48. The van der Waals surface area contributed by atoms with Crippen molar-refractivity contribution >= 4 is 11.8 Å². The minimum atomic E-state index is 0.198. The topological polar surface area (TPSA) is 49.4 Å². The van der Waals surface area contributed by atoms with E-state index in [4.69, 9.17) is 0 Å². The van der Waals surface area contributed by atoms with Gasteiger partial charge in [-0.2, -0.15) is 0 Å². The quantitative estimate of drug-likeness (QED) is 0.843. The van der Waals surface area contributed by atoms with E-state index in [1.807, 2.05) is 0 Å². The predicted molar refractivity (Wildman–Crippen MR) is 81.5 cm³/mol. The van der Waals surface area contributed by atoms with Crippen molar-refractivity contribution < 1.29 is 9.59 Å². The molecule has 0 aromatic heterocycles. The van der Waals surface area contributed by atoms with Crippen molar-refractivity contribution in [1.29, 1.82) is 0 Å². The zero-order chi connectivity index (χ0) is 15.1. The van der Waals surface area contributed by atoms with E-state index < -0.39 is 0 Å². The van der Waals surface area contributed by atoms with E-state index >= 15 is 0 Å². The fourth-order valence-corrected chi connectivity index (χ4v) is 4.19. The van der Waals surface area contributed by atoms with Gasteiger partial charge in [0, 0.05) is 31.5 Å². The third kappa shape index (κ3) is 2.95. The molecular weight excluding hydrogens is 264 g/mol. The number of nitrogens with one attached hydrogen (secondary N) is 1. The van der Waals surface area contributed by atoms with Gasteiger partial charge in [0.05, 0.1) is 0 Å². The Balaban J connectivity index is 1.50. The largest absolute Gasteiger partial charge is 0.356 e. The lowest BCUT2D eigenvalue weighted by molar-refractivity contribution is -0.128. The highest BCUT2D eigenvalue weighted by Crippen LogP contribution is 2.45. The van der Waals surface area contributed by atoms with Crippen LogP contribution in [0.5, 0.6) is 0 Å². The van der Waals surface area contributed by atoms with Crippen LogP contribution >= 0.6 is 0 Å². The number of likely N-dealkylation sites (tertiary alicyclic amines) is 1. The van der Waals surface area contributed by atoms with Gasteiger partial charge in [-0.1, -0.05) is 20.8 Å². The van der Waals surface area contributed by atoms with Gasteiger partial charge >= 0.3 is 0 Å². The van der Waals surface area contributed by atoms with Crippen molar-refractivity contribution in [2.45, 2.75) is 52.5 Å². The fraction of sp³-hybridized carbons (Fsp3) is 0.882. The zero-order valence-corrected chi connectivity index (χ0v) is 13.5. The molecule has 0 bridgehead atoms. The predicted octanol–water partition coefficient (Wildman–Crippen LogP) is 2.04. The lowest BCUT2D eigenvalue weighted by atomic mass is 9.88. The summed E-state index contributed by atoms with van der Waals surface area (Å²) in [5.74, 6) is 2.99. The van der Waals surface area contributed by atoms with Crippen molar-refractivity contribution in [3.05, 3.63) is 0 Å². The average Bonchev–Trinajstić information content (AvgIpc) is 2.83. The molecule has 5 atom stereocenters. The van der Waals surface area contributed by atoms with Crippen LogP contribution in [-0.2, 0) is 9.59 Å². The zero-order valence-electron chi connectivity index (χ0n) is 13.5. The Kier molecular flexibility index (Phi) is 3.98. The Hall–Kier alpha value is -1.06. The van der Waals surface area contributed by atoms with E-state index in [1.165, 1.54) is 0 Å². The molecule has 3 fully saturated rings. The summed E-state index contributed by atoms with van der Waals surface area (Å²) in [6.45, 7) is 8.42. The summed E-state index contributed by atoms with van der Waals surface area (Å²) >= 11 is 0. The highest BCUT2D eigenvalue weighted by molar-refractivity contribution is 5.81. The molecule has 3 rings (SSSR count). The lowest BCUT2D eigenvalue weighted by Gasteiger charge is -2.20. The molecule has 0 aromatic carbocycles. The molecule has 0 spiro atoms. The first-order valence-electron chi connectivity index (χ1n) is 8.54. The van der Waals surface area contributed by atoms with Crippen LogP contribution in [0.4, 0.5) is 0 Å². The second kappa shape index (κ2) is 5.62. The van der Waals surface area contributed by atoms with Crippen molar-refractivity contribution in [2.75, 3.05) is 13.1 Å². The third-order valence-electron chi connectivity index (χ3n) is 5.87. The Morgan fingerprint density at radius 2 is 2.05 bits per heavy atom. The van der Waals surface area contributed by atoms with Gasteiger partial charge in [-0.15, -0.1) is 0 Å². The number of nitrogens with zero attached hydrogens (tertiary/aromatic N) is 1. The first kappa shape index (κ1) is 14.9. The van der Waals surface area contributed by atoms with Crippen LogP contribution in [0.1, 0.15) is 46.5 Å². The number of carbonyl (C=O) groups is 2. The van der Waals surface area contributed by atoms with Crippen LogP contribution in [-0.4, -0.2) is 35.8 Å². The number of hydrogen-bond acceptors (Lipinski definition) is 2. The molecule has 1 aliphatic carbocycles. The summed E-state index contributed by atoms with van der Waals surface area (Å²) in [5, 5.41) is 2.93. The van der Waals surface area contributed by atoms with E-state index in [0.717, 1.165) is 38.8 Å². The monoisotopic (exact) mass is 292 g/mol. The minimum absolute atomic E-state index is 0.198. The molecule has 1 saturated carbocycles. The summed E-state index contributed by atoms with van der Waals surface area (Å²) in [6.07, 6.45) is 3.96. The van der Waals surface area contributed by atoms with Gasteiger partial charge in [-0.3, -0.25) is 9.59 Å². The maximum atomic E-state index is 12.2. The minimum Gasteiger partial charge on any atom is -0.356 e. The maximum Gasteiger partial charge on any atom is 0.223 e. The smallest absolute Gasteiger partial charge is 0.223 e. The second-order valence-corrected chi connectivity index (χ2v) is 7.72. The van der Waals surface area contributed by atoms with E-state index in [0.29, 0.717) is 35.6 Å². The number of rotatable bonds is 5. The molecule has 2 heterocycles. The van der Waals surface area contributed by atoms with Crippen LogP contribution < -0.4 is 5.32 Å². The Morgan fingerprint density at radius 3 is 2.62 bits per heavy atom. The van der Waals surface area contributed by atoms with E-state index in [2.05, 4.69) is 31.0 Å². The third-order valence-corrected chi connectivity index (χ3v) is 5.87. The lowest BCUT2D eigenvalue weighted by Crippen LogP contribution is -2.30. The van der Waals surface area contributed by atoms with Gasteiger partial charge in [0.15, 0.2) is 0 Å². The molecule has 5 unspecified atom stereocenters. The molecule has 2 amide bonds. The molecule has 3 aliphatic rings. The molecular formula is C17H28N2O2. The molecule has 4 nitrogen and oxygen atoms in total. The second-order valence-electron chi connectivity index (χ2n) is 7.72. The van der Waals surface area contributed by atoms with Crippen LogP contribution in [0.3, 0.4) is 0 Å². The summed E-state index contributed by atoms with van der Waals surface area (Å²) in [7, 11) is 0. The summed E-state index contributed by atoms with van der Waals surface area (Å²) < 4.78 is 0. The van der Waals surface area contributed by atoms with Crippen molar-refractivity contribution in [2.24, 2.45) is 29.6 Å². The van der Waals surface area contributed by atoms with Gasteiger partial charge in [-0.25, -0.2) is 0 Å². The van der Waals surface area contributed by atoms with Crippen molar-refractivity contribution in [1.82, 2.24) is 10.2 Å². The van der Waals surface area contributed by atoms with E-state index in [9.17, 15) is 9.59 Å². The standard InChI is InChI=1S/C17H28N2O2/c1-10(2)13-8-16(20)19(9-13)15-7-12(15)6-11(3)14-4-5-18-17(14)21/h10-15H,4-9H2,1-3H3,(H,18,21). The maximum absolute atomic E-state index is 12.2. The molecule has 1 N–H and O–H groups in total. The van der Waals surface area contributed by atoms with Crippen LogP contribution in [0.2, 0.25) is 0 Å². The number of carbonyl (C=O) groups excluding carboxylic acids is 2. The fourth-order valence-electron chi connectivity index (χ4n) is 4.19. The Bertz CT molecular complexity index is 435. The molecule has 21 heavy (non-hydrogen) atoms. The average molecular weight is 292 g/mol. The van der Waals surface area contributed by atoms with Gasteiger partial charge < -0.3 is 10.2 Å². The molecule has 4 heteroatoms. The summed E-state index contributed by atoms with van der Waals surface area (Å²) in [4.78, 5) is 26.1. The van der Waals surface area contributed by atoms with Crippen LogP contribution in [0, 0.1) is 29.6 Å². The Morgan fingerprint density at radius 1 is 1.29 bits per heavy atom. The summed E-state index contributed by atoms with van der Waals surface area (Å²) in [6, 6.07) is 0.466. The number of hydrogen-bond donors (Lipinski definition) is 1. The first-order valence-corrected chi connectivity index (χ1v) is 8.54. The molecule has 118 valence electrons. The molecule has 2 aliphatic heterocycles. The van der Waals surface area contributed by atoms with Crippen LogP contribution in [0.15, 0.2) is 0 Å². The first-order chi connectivity index (χ1) is 9.97. The van der Waals surface area contributed by atoms with Crippen molar-refractivity contribution in [3.8, 4) is 0 Å². The molecule has 0 aromatic rings. The van der Waals surface area contributed by atoms with Gasteiger partial charge in [0.2, 0.25) is 11.8 Å². The van der Waals surface area contributed by atoms with E-state index in [-0.39, 0.29) is 11.8 Å². The molecule has 2 saturated heterocycles. The highest BCUT2D eigenvalue weighted by atomic mass is 16.2. The van der Waals surface area contributed by atoms with Gasteiger partial charge in [-0.05, 0) is 42.9 Å². The van der Waals surface area contributed by atoms with Gasteiger partial charge in [0.1, 0.15) is 0 Å². The van der Waals surface area contributed by atoms with E-state index in [1.54, 1.807) is 0 Å². The van der Waals surface area contributed by atoms with Crippen LogP contribution in [0.25, 0.3) is 0 Å². The van der Waals surface area contributed by atoms with Gasteiger partial charge in [0.25, 0.3) is 0 Å². The molecule has 0 radical (unpaired) electrons. The Labute approximate surface area is 127 Å². The van der Waals surface area contributed by atoms with Crippen molar-refractivity contribution in [3.63, 3.8) is 0 Å². The number of amides is 2. The summed E-state index contributed by atoms with van der Waals surface area (Å²) in [5.41, 5.74) is 0.